The minimum Gasteiger partial charge on any atom is -0.385 e. The molecule has 1 N–H and O–H groups in total. The van der Waals surface area contributed by atoms with Crippen LogP contribution in [0.1, 0.15) is 87.5 Å². The topological polar surface area (TPSA) is 72.2 Å². The molecule has 1 aromatic heterocycles. The molecule has 5 nitrogen and oxygen atoms in total. The van der Waals surface area contributed by atoms with Crippen molar-refractivity contribution in [2.24, 2.45) is 0 Å². The van der Waals surface area contributed by atoms with E-state index in [0.717, 1.165) is 37.1 Å². The molecule has 1 aliphatic carbocycles. The number of carbonyl (C=O) groups is 2. The van der Waals surface area contributed by atoms with E-state index in [2.05, 4.69) is 11.5 Å². The predicted molar refractivity (Wildman–Crippen MR) is 130 cm³/mol. The first-order valence-corrected chi connectivity index (χ1v) is 12.1. The molecular weight excluding hydrogens is 431 g/mol. The van der Waals surface area contributed by atoms with Gasteiger partial charge in [-0.2, -0.15) is 0 Å². The number of rotatable bonds is 10. The summed E-state index contributed by atoms with van der Waals surface area (Å²) in [6, 6.07) is 12.2. The number of Topliss-reactive ketones (excluding diaryl/α,β-unsaturated/α-hetero) is 2. The van der Waals surface area contributed by atoms with Gasteiger partial charge in [0, 0.05) is 24.8 Å². The highest BCUT2D eigenvalue weighted by atomic mass is 19.1. The Morgan fingerprint density at radius 3 is 2.47 bits per heavy atom. The van der Waals surface area contributed by atoms with Crippen molar-refractivity contribution in [3.63, 3.8) is 0 Å². The highest BCUT2D eigenvalue weighted by Gasteiger charge is 2.38. The molecule has 3 aromatic rings. The summed E-state index contributed by atoms with van der Waals surface area (Å²) in [5.41, 5.74) is 0.733. The van der Waals surface area contributed by atoms with Gasteiger partial charge < -0.3 is 9.67 Å². The van der Waals surface area contributed by atoms with E-state index >= 15 is 0 Å². The number of nitrogens with zero attached hydrogens (tertiary/aromatic N) is 2. The summed E-state index contributed by atoms with van der Waals surface area (Å²) in [5.74, 6) is 0.0600. The molecule has 0 bridgehead atoms. The van der Waals surface area contributed by atoms with Crippen molar-refractivity contribution in [2.75, 3.05) is 0 Å². The van der Waals surface area contributed by atoms with Gasteiger partial charge in [-0.05, 0) is 70.6 Å². The lowest BCUT2D eigenvalue weighted by atomic mass is 9.77. The van der Waals surface area contributed by atoms with E-state index in [9.17, 15) is 19.1 Å². The third-order valence-corrected chi connectivity index (χ3v) is 7.20. The summed E-state index contributed by atoms with van der Waals surface area (Å²) < 4.78 is 16.7. The van der Waals surface area contributed by atoms with Gasteiger partial charge in [0.05, 0.1) is 22.2 Å². The Hall–Kier alpha value is -2.86. The number of hydrogen-bond acceptors (Lipinski definition) is 4. The zero-order chi connectivity index (χ0) is 24.5. The van der Waals surface area contributed by atoms with Crippen LogP contribution in [-0.2, 0) is 22.4 Å². The molecule has 4 rings (SSSR count). The Morgan fingerprint density at radius 2 is 1.85 bits per heavy atom. The Labute approximate surface area is 200 Å². The molecule has 0 radical (unpaired) electrons. The summed E-state index contributed by atoms with van der Waals surface area (Å²) in [6.07, 6.45) is 5.55. The van der Waals surface area contributed by atoms with Gasteiger partial charge in [-0.3, -0.25) is 9.59 Å². The number of ketones is 2. The average molecular weight is 465 g/mol. The fraction of sp³-hybridized carbons (Fsp3) is 0.464. The van der Waals surface area contributed by atoms with E-state index in [-0.39, 0.29) is 29.1 Å². The number of benzene rings is 2. The largest absolute Gasteiger partial charge is 0.385 e. The van der Waals surface area contributed by atoms with Gasteiger partial charge in [0.2, 0.25) is 0 Å². The van der Waals surface area contributed by atoms with Crippen molar-refractivity contribution in [1.82, 2.24) is 9.55 Å². The molecule has 1 heterocycles. The van der Waals surface area contributed by atoms with Crippen LogP contribution in [0.2, 0.25) is 0 Å². The van der Waals surface area contributed by atoms with Crippen LogP contribution in [0.25, 0.3) is 11.0 Å². The van der Waals surface area contributed by atoms with Crippen molar-refractivity contribution in [3.8, 4) is 0 Å². The van der Waals surface area contributed by atoms with E-state index in [1.54, 1.807) is 13.0 Å². The number of fused-ring (bicyclic) bond motifs is 1. The third-order valence-electron chi connectivity index (χ3n) is 7.20. The van der Waals surface area contributed by atoms with E-state index in [1.165, 1.54) is 13.0 Å². The highest BCUT2D eigenvalue weighted by molar-refractivity contribution is 6.05. The molecule has 34 heavy (non-hydrogen) atoms. The number of imidazole rings is 1. The smallest absolute Gasteiger partial charge is 0.164 e. The Kier molecular flexibility index (Phi) is 6.72. The second kappa shape index (κ2) is 9.41. The molecule has 1 aliphatic rings. The monoisotopic (exact) mass is 464 g/mol. The molecular formula is C28H33FN2O3. The molecule has 6 heteroatoms. The lowest BCUT2D eigenvalue weighted by Crippen LogP contribution is -2.38. The molecule has 1 saturated carbocycles. The number of aryl methyl sites for hydroxylation is 1. The molecule has 1 fully saturated rings. The first kappa shape index (κ1) is 24.3. The lowest BCUT2D eigenvalue weighted by Gasteiger charge is -2.41. The van der Waals surface area contributed by atoms with E-state index in [1.807, 2.05) is 30.3 Å². The standard InChI is InChI=1S/C28H33FN2O3/c1-19(32)25-22(29)14-15-23-26(25)31(27(2)16-9-17-27)24(30-23)13-8-7-12-21(33)18-28(3,34)20-10-5-4-6-11-20/h4-6,10-11,14-15,34H,7-9,12-13,16-18H2,1-3H3. The Balaban J connectivity index is 1.47. The number of aliphatic hydroxyl groups is 1. The second-order valence-electron chi connectivity index (χ2n) is 10.1. The SMILES string of the molecule is CC(=O)c1c(F)ccc2nc(CCCCC(=O)CC(C)(O)c3ccccc3)n(C3(C)CCC3)c12. The van der Waals surface area contributed by atoms with Gasteiger partial charge in [0.1, 0.15) is 17.4 Å². The first-order valence-electron chi connectivity index (χ1n) is 12.1. The summed E-state index contributed by atoms with van der Waals surface area (Å²) in [5, 5.41) is 10.7. The summed E-state index contributed by atoms with van der Waals surface area (Å²) in [6.45, 7) is 5.22. The second-order valence-corrected chi connectivity index (χ2v) is 10.1. The average Bonchev–Trinajstić information content (AvgIpc) is 3.13. The van der Waals surface area contributed by atoms with Gasteiger partial charge in [-0.1, -0.05) is 30.3 Å². The van der Waals surface area contributed by atoms with Gasteiger partial charge in [-0.15, -0.1) is 0 Å². The van der Waals surface area contributed by atoms with Crippen LogP contribution in [0, 0.1) is 5.82 Å². The number of aromatic nitrogens is 2. The quantitative estimate of drug-likeness (QED) is 0.301. The first-order chi connectivity index (χ1) is 16.1. The predicted octanol–water partition coefficient (Wildman–Crippen LogP) is 5.86. The van der Waals surface area contributed by atoms with Gasteiger partial charge >= 0.3 is 0 Å². The summed E-state index contributed by atoms with van der Waals surface area (Å²) in [4.78, 5) is 29.6. The molecule has 0 amide bonds. The molecule has 0 aliphatic heterocycles. The summed E-state index contributed by atoms with van der Waals surface area (Å²) in [7, 11) is 0. The number of unbranched alkanes of at least 4 members (excludes halogenated alkanes) is 1. The van der Waals surface area contributed by atoms with Crippen molar-refractivity contribution >= 4 is 22.6 Å². The van der Waals surface area contributed by atoms with Crippen LogP contribution in [0.3, 0.4) is 0 Å². The summed E-state index contributed by atoms with van der Waals surface area (Å²) >= 11 is 0. The Morgan fingerprint density at radius 1 is 1.15 bits per heavy atom. The van der Waals surface area contributed by atoms with E-state index < -0.39 is 11.4 Å². The number of carbonyl (C=O) groups excluding carboxylic acids is 2. The van der Waals surface area contributed by atoms with Crippen molar-refractivity contribution < 1.29 is 19.1 Å². The van der Waals surface area contributed by atoms with Gasteiger partial charge in [0.15, 0.2) is 5.78 Å². The van der Waals surface area contributed by atoms with Crippen LogP contribution in [-0.4, -0.2) is 26.2 Å². The van der Waals surface area contributed by atoms with E-state index in [4.69, 9.17) is 4.98 Å². The van der Waals surface area contributed by atoms with Crippen LogP contribution < -0.4 is 0 Å². The third kappa shape index (κ3) is 4.69. The van der Waals surface area contributed by atoms with E-state index in [0.29, 0.717) is 30.3 Å². The fourth-order valence-electron chi connectivity index (χ4n) is 5.16. The van der Waals surface area contributed by atoms with Crippen molar-refractivity contribution in [2.45, 2.75) is 83.3 Å². The van der Waals surface area contributed by atoms with Crippen LogP contribution in [0.5, 0.6) is 0 Å². The van der Waals surface area contributed by atoms with Crippen LogP contribution >= 0.6 is 0 Å². The molecule has 0 saturated heterocycles. The molecule has 1 unspecified atom stereocenters. The zero-order valence-electron chi connectivity index (χ0n) is 20.2. The fourth-order valence-corrected chi connectivity index (χ4v) is 5.16. The minimum absolute atomic E-state index is 0.0225. The molecule has 1 atom stereocenters. The maximum Gasteiger partial charge on any atom is 0.164 e. The zero-order valence-corrected chi connectivity index (χ0v) is 20.2. The van der Waals surface area contributed by atoms with Crippen molar-refractivity contribution in [3.05, 3.63) is 65.2 Å². The van der Waals surface area contributed by atoms with Crippen LogP contribution in [0.15, 0.2) is 42.5 Å². The Bertz CT molecular complexity index is 1210. The van der Waals surface area contributed by atoms with Crippen LogP contribution in [0.4, 0.5) is 4.39 Å². The van der Waals surface area contributed by atoms with Crippen molar-refractivity contribution in [1.29, 1.82) is 0 Å². The minimum atomic E-state index is -1.18. The molecule has 180 valence electrons. The number of halogens is 1. The molecule has 0 spiro atoms. The van der Waals surface area contributed by atoms with Gasteiger partial charge in [-0.25, -0.2) is 9.37 Å². The lowest BCUT2D eigenvalue weighted by molar-refractivity contribution is -0.123. The normalized spacial score (nSPS) is 16.7. The highest BCUT2D eigenvalue weighted by Crippen LogP contribution is 2.43. The maximum atomic E-state index is 14.6. The van der Waals surface area contributed by atoms with Gasteiger partial charge in [0.25, 0.3) is 0 Å². The molecule has 2 aromatic carbocycles. The number of hydrogen-bond donors (Lipinski definition) is 1. The maximum absolute atomic E-state index is 14.6.